The number of alkyl halides is 1. The third-order valence-corrected chi connectivity index (χ3v) is 1.39. The Labute approximate surface area is 77.0 Å². The van der Waals surface area contributed by atoms with Crippen LogP contribution >= 0.6 is 11.6 Å². The molecule has 2 N–H and O–H groups in total. The molecule has 0 saturated carbocycles. The summed E-state index contributed by atoms with van der Waals surface area (Å²) in [5.41, 5.74) is 0. The largest absolute Gasteiger partial charge is 0.394 e. The summed E-state index contributed by atoms with van der Waals surface area (Å²) in [6.07, 6.45) is 0.400. The highest BCUT2D eigenvalue weighted by Crippen LogP contribution is 2.08. The molecule has 1 aliphatic rings. The molecule has 1 saturated heterocycles. The molecule has 74 valence electrons. The number of rotatable bonds is 5. The van der Waals surface area contributed by atoms with Crippen LogP contribution in [-0.4, -0.2) is 55.2 Å². The molecule has 0 bridgehead atoms. The molecular weight excluding hydrogens is 184 g/mol. The van der Waals surface area contributed by atoms with Gasteiger partial charge in [-0.25, -0.2) is 0 Å². The minimum Gasteiger partial charge on any atom is -0.394 e. The van der Waals surface area contributed by atoms with Crippen molar-refractivity contribution in [2.75, 3.05) is 38.9 Å². The third kappa shape index (κ3) is 10.1. The molecular formula is C7H15ClO4. The van der Waals surface area contributed by atoms with Gasteiger partial charge in [-0.3, -0.25) is 0 Å². The van der Waals surface area contributed by atoms with Crippen LogP contribution in [0, 0.1) is 0 Å². The highest BCUT2D eigenvalue weighted by Gasteiger charge is 2.19. The van der Waals surface area contributed by atoms with Crippen molar-refractivity contribution in [3.05, 3.63) is 0 Å². The zero-order valence-electron chi connectivity index (χ0n) is 6.91. The second kappa shape index (κ2) is 9.22. The van der Waals surface area contributed by atoms with Crippen molar-refractivity contribution >= 4 is 11.6 Å². The van der Waals surface area contributed by atoms with Crippen LogP contribution in [0.5, 0.6) is 0 Å². The van der Waals surface area contributed by atoms with Crippen molar-refractivity contribution in [1.29, 1.82) is 0 Å². The van der Waals surface area contributed by atoms with E-state index in [0.29, 0.717) is 25.2 Å². The smallest absolute Gasteiger partial charge is 0.0944 e. The van der Waals surface area contributed by atoms with Gasteiger partial charge in [-0.05, 0) is 0 Å². The van der Waals surface area contributed by atoms with Crippen LogP contribution in [0.15, 0.2) is 0 Å². The minimum atomic E-state index is 0.0278. The molecule has 1 unspecified atom stereocenters. The molecule has 1 aliphatic heterocycles. The fourth-order valence-corrected chi connectivity index (χ4v) is 0.566. The van der Waals surface area contributed by atoms with Crippen LogP contribution in [0.25, 0.3) is 0 Å². The maximum Gasteiger partial charge on any atom is 0.0944 e. The summed E-state index contributed by atoms with van der Waals surface area (Å²) in [7, 11) is 0. The molecule has 0 radical (unpaired) electrons. The van der Waals surface area contributed by atoms with Crippen LogP contribution in [0.3, 0.4) is 0 Å². The summed E-state index contributed by atoms with van der Waals surface area (Å²) in [6, 6.07) is 0. The molecule has 0 spiro atoms. The van der Waals surface area contributed by atoms with Crippen molar-refractivity contribution < 1.29 is 19.7 Å². The van der Waals surface area contributed by atoms with E-state index in [2.05, 4.69) is 4.74 Å². The first-order valence-corrected chi connectivity index (χ1v) is 4.35. The first kappa shape index (κ1) is 12.1. The summed E-state index contributed by atoms with van der Waals surface area (Å²) in [4.78, 5) is 0. The lowest BCUT2D eigenvalue weighted by molar-refractivity contribution is 0.0650. The number of halogens is 1. The lowest BCUT2D eigenvalue weighted by Crippen LogP contribution is -2.03. The fraction of sp³-hybridized carbons (Fsp3) is 1.00. The van der Waals surface area contributed by atoms with E-state index in [4.69, 9.17) is 26.6 Å². The summed E-state index contributed by atoms with van der Waals surface area (Å²) < 4.78 is 9.36. The quantitative estimate of drug-likeness (QED) is 0.359. The normalized spacial score (nSPS) is 19.8. The Hall–Kier alpha value is 0.130. The van der Waals surface area contributed by atoms with Crippen LogP contribution < -0.4 is 0 Å². The average Bonchev–Trinajstić information content (AvgIpc) is 2.89. The van der Waals surface area contributed by atoms with E-state index < -0.39 is 0 Å². The van der Waals surface area contributed by atoms with E-state index in [1.807, 2.05) is 0 Å². The van der Waals surface area contributed by atoms with Gasteiger partial charge in [0.15, 0.2) is 0 Å². The number of ether oxygens (including phenoxy) is 2. The van der Waals surface area contributed by atoms with Crippen molar-refractivity contribution in [1.82, 2.24) is 0 Å². The van der Waals surface area contributed by atoms with Gasteiger partial charge in [0.1, 0.15) is 0 Å². The van der Waals surface area contributed by atoms with Gasteiger partial charge >= 0.3 is 0 Å². The molecule has 0 aromatic rings. The highest BCUT2D eigenvalue weighted by atomic mass is 35.5. The summed E-state index contributed by atoms with van der Waals surface area (Å²) in [5.74, 6) is 0.667. The van der Waals surface area contributed by atoms with Crippen LogP contribution in [0.2, 0.25) is 0 Å². The Morgan fingerprint density at radius 2 is 1.83 bits per heavy atom. The number of aliphatic hydroxyl groups is 2. The maximum atomic E-state index is 8.09. The monoisotopic (exact) mass is 198 g/mol. The Kier molecular flexibility index (Phi) is 9.32. The molecule has 12 heavy (non-hydrogen) atoms. The van der Waals surface area contributed by atoms with Crippen molar-refractivity contribution in [3.8, 4) is 0 Å². The van der Waals surface area contributed by atoms with Gasteiger partial charge in [-0.2, -0.15) is 0 Å². The highest BCUT2D eigenvalue weighted by molar-refractivity contribution is 6.18. The Morgan fingerprint density at radius 1 is 1.33 bits per heavy atom. The topological polar surface area (TPSA) is 62.2 Å². The Balaban J connectivity index is 0.000000211. The molecule has 1 heterocycles. The van der Waals surface area contributed by atoms with Crippen LogP contribution in [-0.2, 0) is 9.47 Å². The lowest BCUT2D eigenvalue weighted by Gasteiger charge is -1.94. The van der Waals surface area contributed by atoms with Gasteiger partial charge in [-0.1, -0.05) is 0 Å². The van der Waals surface area contributed by atoms with Gasteiger partial charge in [-0.15, -0.1) is 11.6 Å². The van der Waals surface area contributed by atoms with E-state index in [1.165, 1.54) is 0 Å². The molecule has 5 heteroatoms. The Morgan fingerprint density at radius 3 is 2.00 bits per heavy atom. The van der Waals surface area contributed by atoms with Gasteiger partial charge in [0.25, 0.3) is 0 Å². The van der Waals surface area contributed by atoms with Gasteiger partial charge in [0.2, 0.25) is 0 Å². The third-order valence-electron chi connectivity index (χ3n) is 1.05. The molecule has 0 amide bonds. The van der Waals surface area contributed by atoms with Crippen molar-refractivity contribution in [3.63, 3.8) is 0 Å². The summed E-state index contributed by atoms with van der Waals surface area (Å²) in [6.45, 7) is 1.57. The van der Waals surface area contributed by atoms with E-state index in [0.717, 1.165) is 6.61 Å². The lowest BCUT2D eigenvalue weighted by atomic mass is 10.6. The number of aliphatic hydroxyl groups excluding tert-OH is 2. The van der Waals surface area contributed by atoms with Gasteiger partial charge < -0.3 is 19.7 Å². The predicted molar refractivity (Wildman–Crippen MR) is 45.5 cm³/mol. The fourth-order valence-electron chi connectivity index (χ4n) is 0.388. The number of hydrogen-bond donors (Lipinski definition) is 2. The molecule has 1 fully saturated rings. The molecule has 1 atom stereocenters. The second-order valence-corrected chi connectivity index (χ2v) is 2.48. The maximum absolute atomic E-state index is 8.09. The molecule has 0 aromatic heterocycles. The van der Waals surface area contributed by atoms with Gasteiger partial charge in [0, 0.05) is 0 Å². The first-order chi connectivity index (χ1) is 5.85. The predicted octanol–water partition coefficient (Wildman–Crippen LogP) is -0.388. The summed E-state index contributed by atoms with van der Waals surface area (Å²) in [5, 5.41) is 16.2. The van der Waals surface area contributed by atoms with E-state index in [9.17, 15) is 0 Å². The van der Waals surface area contributed by atoms with E-state index >= 15 is 0 Å². The van der Waals surface area contributed by atoms with E-state index in [1.54, 1.807) is 0 Å². The SMILES string of the molecule is ClCC1CO1.OCCOCCO. The first-order valence-electron chi connectivity index (χ1n) is 3.82. The van der Waals surface area contributed by atoms with Crippen LogP contribution in [0.1, 0.15) is 0 Å². The van der Waals surface area contributed by atoms with Crippen molar-refractivity contribution in [2.45, 2.75) is 6.10 Å². The average molecular weight is 199 g/mol. The molecule has 0 aromatic carbocycles. The Bertz CT molecular complexity index is 83.5. The van der Waals surface area contributed by atoms with Crippen LogP contribution in [0.4, 0.5) is 0 Å². The number of hydrogen-bond acceptors (Lipinski definition) is 4. The van der Waals surface area contributed by atoms with Crippen molar-refractivity contribution in [2.24, 2.45) is 0 Å². The van der Waals surface area contributed by atoms with E-state index in [-0.39, 0.29) is 13.2 Å². The number of epoxide rings is 1. The molecule has 0 aliphatic carbocycles. The molecule has 1 rings (SSSR count). The summed E-state index contributed by atoms with van der Waals surface area (Å²) >= 11 is 5.27. The molecule has 4 nitrogen and oxygen atoms in total. The van der Waals surface area contributed by atoms with Gasteiger partial charge in [0.05, 0.1) is 45.0 Å². The minimum absolute atomic E-state index is 0.0278. The second-order valence-electron chi connectivity index (χ2n) is 2.17. The zero-order valence-corrected chi connectivity index (χ0v) is 7.66. The zero-order chi connectivity index (χ0) is 9.23. The standard InChI is InChI=1S/C4H10O3.C3H5ClO/c5-1-3-7-4-2-6;4-1-3-2-5-3/h5-6H,1-4H2;3H,1-2H2.